The quantitative estimate of drug-likeness (QED) is 0.507. The van der Waals surface area contributed by atoms with Crippen molar-refractivity contribution in [1.29, 1.82) is 0 Å². The van der Waals surface area contributed by atoms with E-state index in [4.69, 9.17) is 5.73 Å². The summed E-state index contributed by atoms with van der Waals surface area (Å²) in [7, 11) is 0. The molecule has 1 atom stereocenters. The Morgan fingerprint density at radius 1 is 1.65 bits per heavy atom. The van der Waals surface area contributed by atoms with E-state index in [1.54, 1.807) is 0 Å². The van der Waals surface area contributed by atoms with Crippen molar-refractivity contribution in [2.75, 3.05) is 17.6 Å². The zero-order valence-electron chi connectivity index (χ0n) is 9.59. The van der Waals surface area contributed by atoms with Gasteiger partial charge in [0.25, 0.3) is 0 Å². The van der Waals surface area contributed by atoms with Gasteiger partial charge in [0.1, 0.15) is 5.82 Å². The number of nitrogens with two attached hydrogens (primary N) is 1. The average Bonchev–Trinajstić information content (AvgIpc) is 2.26. The standard InChI is InChI=1S/C10H16N4O3/c1-2-3-7(15)6-12-9-5-4-8(14(16)17)10(11)13-9/h4-5,7,15H,2-3,6H2,1H3,(H3,11,12,13). The molecule has 0 aliphatic carbocycles. The number of nitrogen functional groups attached to an aromatic ring is 1. The molecule has 0 aliphatic heterocycles. The van der Waals surface area contributed by atoms with E-state index in [0.29, 0.717) is 18.8 Å². The summed E-state index contributed by atoms with van der Waals surface area (Å²) in [6.45, 7) is 2.32. The summed E-state index contributed by atoms with van der Waals surface area (Å²) in [5, 5.41) is 22.9. The van der Waals surface area contributed by atoms with Crippen LogP contribution < -0.4 is 11.1 Å². The SMILES string of the molecule is CCCC(O)CNc1ccc([N+](=O)[O-])c(N)n1. The first kappa shape index (κ1) is 13.2. The molecule has 7 heteroatoms. The second-order valence-electron chi connectivity index (χ2n) is 3.68. The molecule has 7 nitrogen and oxygen atoms in total. The van der Waals surface area contributed by atoms with Crippen LogP contribution in [0.15, 0.2) is 12.1 Å². The van der Waals surface area contributed by atoms with E-state index in [1.165, 1.54) is 12.1 Å². The van der Waals surface area contributed by atoms with Gasteiger partial charge in [-0.05, 0) is 12.5 Å². The number of nitro groups is 1. The highest BCUT2D eigenvalue weighted by molar-refractivity contribution is 5.57. The number of aliphatic hydroxyl groups excluding tert-OH is 1. The molecular weight excluding hydrogens is 224 g/mol. The Morgan fingerprint density at radius 3 is 2.88 bits per heavy atom. The molecule has 94 valence electrons. The van der Waals surface area contributed by atoms with E-state index in [-0.39, 0.29) is 11.5 Å². The number of pyridine rings is 1. The summed E-state index contributed by atoms with van der Waals surface area (Å²) < 4.78 is 0. The summed E-state index contributed by atoms with van der Waals surface area (Å²) in [5.74, 6) is 0.285. The Balaban J connectivity index is 2.62. The molecule has 0 spiro atoms. The second kappa shape index (κ2) is 6.00. The zero-order chi connectivity index (χ0) is 12.8. The van der Waals surface area contributed by atoms with E-state index in [0.717, 1.165) is 6.42 Å². The number of hydrogen-bond acceptors (Lipinski definition) is 6. The second-order valence-corrected chi connectivity index (χ2v) is 3.68. The maximum atomic E-state index is 10.5. The molecule has 0 bridgehead atoms. The van der Waals surface area contributed by atoms with Crippen LogP contribution in [0, 0.1) is 10.1 Å². The number of nitrogens with one attached hydrogen (secondary N) is 1. The van der Waals surface area contributed by atoms with Gasteiger partial charge in [-0.2, -0.15) is 0 Å². The molecule has 0 saturated carbocycles. The van der Waals surface area contributed by atoms with Crippen LogP contribution in [-0.2, 0) is 0 Å². The van der Waals surface area contributed by atoms with E-state index in [1.807, 2.05) is 6.92 Å². The summed E-state index contributed by atoms with van der Waals surface area (Å²) in [4.78, 5) is 13.8. The van der Waals surface area contributed by atoms with Crippen LogP contribution >= 0.6 is 0 Å². The van der Waals surface area contributed by atoms with Gasteiger partial charge in [-0.1, -0.05) is 13.3 Å². The highest BCUT2D eigenvalue weighted by Crippen LogP contribution is 2.20. The van der Waals surface area contributed by atoms with Crippen LogP contribution in [0.5, 0.6) is 0 Å². The highest BCUT2D eigenvalue weighted by Gasteiger charge is 2.13. The molecule has 4 N–H and O–H groups in total. The first-order valence-corrected chi connectivity index (χ1v) is 5.37. The maximum absolute atomic E-state index is 10.5. The van der Waals surface area contributed by atoms with Gasteiger partial charge in [-0.15, -0.1) is 0 Å². The number of aromatic nitrogens is 1. The number of rotatable bonds is 6. The van der Waals surface area contributed by atoms with Crippen LogP contribution in [0.3, 0.4) is 0 Å². The molecule has 1 aromatic rings. The van der Waals surface area contributed by atoms with Gasteiger partial charge < -0.3 is 16.2 Å². The van der Waals surface area contributed by atoms with Crippen molar-refractivity contribution in [3.8, 4) is 0 Å². The van der Waals surface area contributed by atoms with E-state index >= 15 is 0 Å². The molecule has 0 amide bonds. The van der Waals surface area contributed by atoms with Crippen LogP contribution in [0.25, 0.3) is 0 Å². The molecule has 1 unspecified atom stereocenters. The Labute approximate surface area is 98.8 Å². The van der Waals surface area contributed by atoms with Gasteiger partial charge in [-0.25, -0.2) is 4.98 Å². The predicted octanol–water partition coefficient (Wildman–Crippen LogP) is 1.14. The van der Waals surface area contributed by atoms with E-state index < -0.39 is 11.0 Å². The van der Waals surface area contributed by atoms with Gasteiger partial charge in [0.05, 0.1) is 11.0 Å². The molecule has 0 fully saturated rings. The summed E-state index contributed by atoms with van der Waals surface area (Å²) in [5.41, 5.74) is 5.21. The van der Waals surface area contributed by atoms with Gasteiger partial charge in [0.2, 0.25) is 5.82 Å². The van der Waals surface area contributed by atoms with Crippen molar-refractivity contribution in [3.05, 3.63) is 22.2 Å². The molecule has 0 saturated heterocycles. The van der Waals surface area contributed by atoms with Crippen molar-refractivity contribution in [2.45, 2.75) is 25.9 Å². The third-order valence-electron chi connectivity index (χ3n) is 2.24. The Hall–Kier alpha value is -1.89. The van der Waals surface area contributed by atoms with Crippen molar-refractivity contribution in [1.82, 2.24) is 4.98 Å². The monoisotopic (exact) mass is 240 g/mol. The largest absolute Gasteiger partial charge is 0.391 e. The van der Waals surface area contributed by atoms with Crippen LogP contribution in [-0.4, -0.2) is 27.7 Å². The number of hydrogen-bond donors (Lipinski definition) is 3. The van der Waals surface area contributed by atoms with Gasteiger partial charge >= 0.3 is 5.69 Å². The molecule has 1 rings (SSSR count). The first-order chi connectivity index (χ1) is 8.04. The number of anilines is 2. The van der Waals surface area contributed by atoms with Crippen molar-refractivity contribution >= 4 is 17.3 Å². The molecule has 17 heavy (non-hydrogen) atoms. The topological polar surface area (TPSA) is 114 Å². The molecule has 1 aromatic heterocycles. The summed E-state index contributed by atoms with van der Waals surface area (Å²) in [6, 6.07) is 2.75. The first-order valence-electron chi connectivity index (χ1n) is 5.37. The lowest BCUT2D eigenvalue weighted by Crippen LogP contribution is -2.19. The number of aliphatic hydroxyl groups is 1. The molecule has 0 radical (unpaired) electrons. The minimum absolute atomic E-state index is 0.134. The lowest BCUT2D eigenvalue weighted by Gasteiger charge is -2.11. The average molecular weight is 240 g/mol. The Bertz CT molecular complexity index is 397. The third kappa shape index (κ3) is 3.87. The lowest BCUT2D eigenvalue weighted by molar-refractivity contribution is -0.384. The van der Waals surface area contributed by atoms with Gasteiger partial charge in [0, 0.05) is 12.6 Å². The van der Waals surface area contributed by atoms with Gasteiger partial charge in [-0.3, -0.25) is 10.1 Å². The molecule has 1 heterocycles. The third-order valence-corrected chi connectivity index (χ3v) is 2.24. The normalized spacial score (nSPS) is 12.1. The van der Waals surface area contributed by atoms with Crippen LogP contribution in [0.1, 0.15) is 19.8 Å². The van der Waals surface area contributed by atoms with E-state index in [2.05, 4.69) is 10.3 Å². The van der Waals surface area contributed by atoms with Crippen molar-refractivity contribution < 1.29 is 10.0 Å². The van der Waals surface area contributed by atoms with Crippen LogP contribution in [0.4, 0.5) is 17.3 Å². The minimum Gasteiger partial charge on any atom is -0.391 e. The zero-order valence-corrected chi connectivity index (χ0v) is 9.59. The molecule has 0 aliphatic rings. The minimum atomic E-state index is -0.585. The van der Waals surface area contributed by atoms with Crippen molar-refractivity contribution in [2.24, 2.45) is 0 Å². The van der Waals surface area contributed by atoms with Gasteiger partial charge in [0.15, 0.2) is 0 Å². The summed E-state index contributed by atoms with van der Waals surface area (Å²) >= 11 is 0. The molecule has 0 aromatic carbocycles. The fourth-order valence-electron chi connectivity index (χ4n) is 1.38. The highest BCUT2D eigenvalue weighted by atomic mass is 16.6. The van der Waals surface area contributed by atoms with Crippen LogP contribution in [0.2, 0.25) is 0 Å². The Kier molecular flexibility index (Phi) is 4.65. The maximum Gasteiger partial charge on any atom is 0.311 e. The predicted molar refractivity (Wildman–Crippen MR) is 64.7 cm³/mol. The Morgan fingerprint density at radius 2 is 2.35 bits per heavy atom. The fraction of sp³-hybridized carbons (Fsp3) is 0.500. The number of nitrogens with zero attached hydrogens (tertiary/aromatic N) is 2. The smallest absolute Gasteiger partial charge is 0.311 e. The fourth-order valence-corrected chi connectivity index (χ4v) is 1.38. The lowest BCUT2D eigenvalue weighted by atomic mass is 10.2. The summed E-state index contributed by atoms with van der Waals surface area (Å²) in [6.07, 6.45) is 1.12. The van der Waals surface area contributed by atoms with Crippen molar-refractivity contribution in [3.63, 3.8) is 0 Å². The molecular formula is C10H16N4O3. The van der Waals surface area contributed by atoms with E-state index in [9.17, 15) is 15.2 Å².